The number of ether oxygens (including phenoxy) is 2. The minimum absolute atomic E-state index is 0.0132. The summed E-state index contributed by atoms with van der Waals surface area (Å²) in [6.07, 6.45) is 1.69. The second-order valence-corrected chi connectivity index (χ2v) is 9.02. The summed E-state index contributed by atoms with van der Waals surface area (Å²) in [6, 6.07) is 15.7. The van der Waals surface area contributed by atoms with E-state index in [-0.39, 0.29) is 24.7 Å². The third-order valence-corrected chi connectivity index (χ3v) is 6.64. The summed E-state index contributed by atoms with van der Waals surface area (Å²) in [5, 5.41) is 21.1. The fourth-order valence-corrected chi connectivity index (χ4v) is 4.52. The first-order valence-electron chi connectivity index (χ1n) is 10.8. The van der Waals surface area contributed by atoms with Crippen molar-refractivity contribution in [2.24, 2.45) is 7.05 Å². The van der Waals surface area contributed by atoms with E-state index in [2.05, 4.69) is 15.5 Å². The van der Waals surface area contributed by atoms with Crippen LogP contribution in [0.25, 0.3) is 0 Å². The van der Waals surface area contributed by atoms with Gasteiger partial charge in [-0.1, -0.05) is 60.3 Å². The highest BCUT2D eigenvalue weighted by Crippen LogP contribution is 2.39. The zero-order valence-electron chi connectivity index (χ0n) is 18.7. The summed E-state index contributed by atoms with van der Waals surface area (Å²) in [5.74, 6) is 0.662. The Morgan fingerprint density at radius 1 is 1.12 bits per heavy atom. The number of aliphatic hydroxyl groups is 1. The number of rotatable bonds is 8. The number of nitrogens with one attached hydrogen (secondary N) is 1. The van der Waals surface area contributed by atoms with Gasteiger partial charge in [-0.15, -0.1) is 10.2 Å². The maximum Gasteiger partial charge on any atom is 0.217 e. The van der Waals surface area contributed by atoms with Crippen molar-refractivity contribution in [1.82, 2.24) is 20.1 Å². The number of benzene rings is 2. The van der Waals surface area contributed by atoms with Crippen LogP contribution in [0.4, 0.5) is 0 Å². The van der Waals surface area contributed by atoms with E-state index in [0.29, 0.717) is 13.0 Å². The summed E-state index contributed by atoms with van der Waals surface area (Å²) in [5.41, 5.74) is 3.85. The molecule has 0 saturated carbocycles. The molecule has 0 spiro atoms. The smallest absolute Gasteiger partial charge is 0.217 e. The number of aliphatic hydroxyl groups excluding tert-OH is 1. The van der Waals surface area contributed by atoms with Crippen LogP contribution in [0.2, 0.25) is 0 Å². The van der Waals surface area contributed by atoms with Crippen LogP contribution >= 0.6 is 11.8 Å². The summed E-state index contributed by atoms with van der Waals surface area (Å²) >= 11 is 1.61. The Hall–Kier alpha value is -2.72. The highest BCUT2D eigenvalue weighted by atomic mass is 32.2. The summed E-state index contributed by atoms with van der Waals surface area (Å²) in [4.78, 5) is 11.2. The first kappa shape index (κ1) is 23.4. The van der Waals surface area contributed by atoms with Crippen molar-refractivity contribution in [1.29, 1.82) is 0 Å². The van der Waals surface area contributed by atoms with E-state index in [1.54, 1.807) is 18.1 Å². The normalized spacial score (nSPS) is 20.5. The first-order valence-corrected chi connectivity index (χ1v) is 11.8. The molecule has 0 unspecified atom stereocenters. The Labute approximate surface area is 197 Å². The molecular weight excluding hydrogens is 440 g/mol. The van der Waals surface area contributed by atoms with Crippen molar-refractivity contribution in [3.05, 3.63) is 77.1 Å². The highest BCUT2D eigenvalue weighted by Gasteiger charge is 2.32. The van der Waals surface area contributed by atoms with E-state index in [1.807, 2.05) is 60.1 Å². The lowest BCUT2D eigenvalue weighted by Crippen LogP contribution is -2.31. The molecule has 9 heteroatoms. The predicted molar refractivity (Wildman–Crippen MR) is 124 cm³/mol. The van der Waals surface area contributed by atoms with Crippen LogP contribution in [0.3, 0.4) is 0 Å². The number of carbonyl (C=O) groups excluding carboxylic acids is 1. The molecule has 1 aromatic heterocycles. The zero-order valence-corrected chi connectivity index (χ0v) is 19.5. The number of hydrogen-bond acceptors (Lipinski definition) is 7. The molecule has 2 N–H and O–H groups in total. The van der Waals surface area contributed by atoms with Crippen molar-refractivity contribution in [2.75, 3.05) is 5.75 Å². The Balaban J connectivity index is 1.50. The van der Waals surface area contributed by atoms with Gasteiger partial charge in [0.05, 0.1) is 18.8 Å². The molecule has 1 amide bonds. The maximum absolute atomic E-state index is 11.2. The molecule has 0 aliphatic carbocycles. The number of thioether (sulfide) groups is 1. The Morgan fingerprint density at radius 3 is 2.45 bits per heavy atom. The van der Waals surface area contributed by atoms with Crippen molar-refractivity contribution < 1.29 is 19.4 Å². The van der Waals surface area contributed by atoms with Gasteiger partial charge in [-0.25, -0.2) is 0 Å². The molecule has 3 atom stereocenters. The van der Waals surface area contributed by atoms with E-state index < -0.39 is 6.29 Å². The number of amides is 1. The van der Waals surface area contributed by atoms with Crippen LogP contribution in [0.1, 0.15) is 48.0 Å². The summed E-state index contributed by atoms with van der Waals surface area (Å²) in [7, 11) is 1.92. The van der Waals surface area contributed by atoms with Crippen LogP contribution in [0.15, 0.2) is 60.0 Å². The molecule has 1 saturated heterocycles. The molecule has 174 valence electrons. The topological polar surface area (TPSA) is 98.5 Å². The van der Waals surface area contributed by atoms with Gasteiger partial charge in [0, 0.05) is 38.3 Å². The number of aryl methyl sites for hydroxylation is 1. The summed E-state index contributed by atoms with van der Waals surface area (Å²) < 4.78 is 14.6. The number of hydrogen-bond donors (Lipinski definition) is 2. The maximum atomic E-state index is 11.2. The minimum Gasteiger partial charge on any atom is -0.392 e. The van der Waals surface area contributed by atoms with Gasteiger partial charge in [0.1, 0.15) is 6.33 Å². The van der Waals surface area contributed by atoms with E-state index >= 15 is 0 Å². The quantitative estimate of drug-likeness (QED) is 0.490. The third kappa shape index (κ3) is 6.20. The SMILES string of the molecule is CC(=O)NCc1ccc([C@H]2O[C@@H](CSc3nncn3C)C[C@@H](c3ccc(CO)cc3)O2)cc1. The molecule has 33 heavy (non-hydrogen) atoms. The zero-order chi connectivity index (χ0) is 23.2. The van der Waals surface area contributed by atoms with Crippen LogP contribution in [-0.4, -0.2) is 37.6 Å². The van der Waals surface area contributed by atoms with Crippen LogP contribution in [0.5, 0.6) is 0 Å². The standard InChI is InChI=1S/C24H28N4O4S/c1-16(30)25-12-17-3-9-20(10-4-17)23-31-21(14-33-24-27-26-15-28(24)2)11-22(32-23)19-7-5-18(13-29)6-8-19/h3-10,15,21-23,29H,11-14H2,1-2H3,(H,25,30)/t21-,22+,23+/m1/s1. The largest absolute Gasteiger partial charge is 0.392 e. The number of nitrogens with zero attached hydrogens (tertiary/aromatic N) is 3. The molecule has 1 aliphatic heterocycles. The highest BCUT2D eigenvalue weighted by molar-refractivity contribution is 7.99. The molecule has 3 aromatic rings. The second-order valence-electron chi connectivity index (χ2n) is 8.04. The Kier molecular flexibility index (Phi) is 7.77. The number of carbonyl (C=O) groups is 1. The van der Waals surface area contributed by atoms with Crippen LogP contribution in [-0.2, 0) is 34.5 Å². The van der Waals surface area contributed by atoms with Gasteiger partial charge in [-0.2, -0.15) is 0 Å². The lowest BCUT2D eigenvalue weighted by atomic mass is 10.0. The van der Waals surface area contributed by atoms with Gasteiger partial charge in [0.25, 0.3) is 0 Å². The number of aromatic nitrogens is 3. The molecule has 4 rings (SSSR count). The Bertz CT molecular complexity index is 1060. The van der Waals surface area contributed by atoms with Crippen molar-refractivity contribution in [3.63, 3.8) is 0 Å². The van der Waals surface area contributed by atoms with Crippen LogP contribution in [0, 0.1) is 0 Å². The molecule has 0 radical (unpaired) electrons. The van der Waals surface area contributed by atoms with Crippen LogP contribution < -0.4 is 5.32 Å². The fraction of sp³-hybridized carbons (Fsp3) is 0.375. The van der Waals surface area contributed by atoms with Crippen molar-refractivity contribution in [3.8, 4) is 0 Å². The molecular formula is C24H28N4O4S. The van der Waals surface area contributed by atoms with Crippen molar-refractivity contribution in [2.45, 2.75) is 50.2 Å². The van der Waals surface area contributed by atoms with E-state index in [0.717, 1.165) is 33.2 Å². The third-order valence-electron chi connectivity index (χ3n) is 5.48. The van der Waals surface area contributed by atoms with Gasteiger partial charge in [-0.3, -0.25) is 4.79 Å². The van der Waals surface area contributed by atoms with Gasteiger partial charge in [0.2, 0.25) is 5.91 Å². The van der Waals surface area contributed by atoms with E-state index in [9.17, 15) is 9.90 Å². The second kappa shape index (κ2) is 10.9. The monoisotopic (exact) mass is 468 g/mol. The molecule has 0 bridgehead atoms. The predicted octanol–water partition coefficient (Wildman–Crippen LogP) is 3.28. The average Bonchev–Trinajstić information content (AvgIpc) is 3.26. The lowest BCUT2D eigenvalue weighted by molar-refractivity contribution is -0.245. The van der Waals surface area contributed by atoms with Gasteiger partial charge < -0.3 is 24.5 Å². The average molecular weight is 469 g/mol. The molecule has 1 aliphatic rings. The lowest BCUT2D eigenvalue weighted by Gasteiger charge is -2.36. The van der Waals surface area contributed by atoms with Crippen molar-refractivity contribution >= 4 is 17.7 Å². The summed E-state index contributed by atoms with van der Waals surface area (Å²) in [6.45, 7) is 2.00. The fourth-order valence-electron chi connectivity index (χ4n) is 3.61. The van der Waals surface area contributed by atoms with E-state index in [1.165, 1.54) is 6.92 Å². The van der Waals surface area contributed by atoms with Gasteiger partial charge >= 0.3 is 0 Å². The first-order chi connectivity index (χ1) is 16.0. The molecule has 1 fully saturated rings. The molecule has 8 nitrogen and oxygen atoms in total. The molecule has 2 heterocycles. The van der Waals surface area contributed by atoms with Gasteiger partial charge in [0.15, 0.2) is 11.4 Å². The van der Waals surface area contributed by atoms with Gasteiger partial charge in [-0.05, 0) is 16.7 Å². The Morgan fingerprint density at radius 2 is 1.82 bits per heavy atom. The van der Waals surface area contributed by atoms with E-state index in [4.69, 9.17) is 9.47 Å². The minimum atomic E-state index is -0.513. The molecule has 2 aromatic carbocycles.